The van der Waals surface area contributed by atoms with Gasteiger partial charge >= 0.3 is 5.91 Å². The fourth-order valence-electron chi connectivity index (χ4n) is 4.53. The lowest BCUT2D eigenvalue weighted by atomic mass is 9.95. The first-order chi connectivity index (χ1) is 18.4. The fraction of sp³-hybridized carbons (Fsp3) is 0.179. The molecule has 2 N–H and O–H groups in total. The van der Waals surface area contributed by atoms with Crippen LogP contribution in [0, 0.1) is 0 Å². The molecule has 1 amide bonds. The molecule has 5 rings (SSSR count). The lowest BCUT2D eigenvalue weighted by molar-refractivity contribution is -0.132. The molecule has 2 heterocycles. The molecule has 1 fully saturated rings. The Hall–Kier alpha value is -4.50. The second kappa shape index (κ2) is 10.1. The SMILES string of the molecule is CCOc1ccc(Cl)c(/C(O)=C2\C(=O)C(=O)N(c3nc4ccccc4[nH]3)C2c2ccc(OC)c(OC)c2)c1. The van der Waals surface area contributed by atoms with Crippen molar-refractivity contribution >= 4 is 46.0 Å². The van der Waals surface area contributed by atoms with Gasteiger partial charge in [0.2, 0.25) is 5.95 Å². The van der Waals surface area contributed by atoms with Crippen LogP contribution < -0.4 is 19.1 Å². The Balaban J connectivity index is 1.76. The van der Waals surface area contributed by atoms with Gasteiger partial charge in [-0.3, -0.25) is 14.5 Å². The third-order valence-electron chi connectivity index (χ3n) is 6.28. The average molecular weight is 534 g/mol. The Morgan fingerprint density at radius 2 is 1.82 bits per heavy atom. The van der Waals surface area contributed by atoms with E-state index in [-0.39, 0.29) is 22.1 Å². The van der Waals surface area contributed by atoms with Crippen LogP contribution in [0.25, 0.3) is 16.8 Å². The van der Waals surface area contributed by atoms with Gasteiger partial charge in [-0.15, -0.1) is 0 Å². The van der Waals surface area contributed by atoms with Gasteiger partial charge in [0.15, 0.2) is 11.5 Å². The van der Waals surface area contributed by atoms with Crippen molar-refractivity contribution in [2.24, 2.45) is 0 Å². The number of nitrogens with zero attached hydrogens (tertiary/aromatic N) is 2. The number of carbonyl (C=O) groups is 2. The van der Waals surface area contributed by atoms with E-state index < -0.39 is 23.5 Å². The molecule has 0 radical (unpaired) electrons. The monoisotopic (exact) mass is 533 g/mol. The van der Waals surface area contributed by atoms with Crippen molar-refractivity contribution in [3.05, 3.63) is 82.4 Å². The molecular formula is C28H24ClN3O6. The number of ketones is 1. The predicted molar refractivity (Wildman–Crippen MR) is 143 cm³/mol. The number of aliphatic hydroxyl groups is 1. The Labute approximate surface area is 223 Å². The number of ether oxygens (including phenoxy) is 3. The minimum atomic E-state index is -1.05. The van der Waals surface area contributed by atoms with Crippen LogP contribution in [0.15, 0.2) is 66.2 Å². The van der Waals surface area contributed by atoms with Gasteiger partial charge in [0.25, 0.3) is 5.78 Å². The standard InChI is InChI=1S/C28H24ClN3O6/c1-4-38-16-10-11-18(29)17(14-16)25(33)23-24(15-9-12-21(36-2)22(13-15)37-3)32(27(35)26(23)34)28-30-19-7-5-6-8-20(19)31-28/h5-14,24,33H,4H2,1-3H3,(H,30,31)/b25-23+. The Morgan fingerprint density at radius 3 is 2.53 bits per heavy atom. The molecule has 0 aliphatic carbocycles. The maximum Gasteiger partial charge on any atom is 0.302 e. The largest absolute Gasteiger partial charge is 0.507 e. The number of halogens is 1. The van der Waals surface area contributed by atoms with E-state index in [1.165, 1.54) is 25.2 Å². The fourth-order valence-corrected chi connectivity index (χ4v) is 4.74. The van der Waals surface area contributed by atoms with E-state index in [4.69, 9.17) is 25.8 Å². The van der Waals surface area contributed by atoms with Gasteiger partial charge < -0.3 is 24.3 Å². The Morgan fingerprint density at radius 1 is 1.05 bits per heavy atom. The highest BCUT2D eigenvalue weighted by Crippen LogP contribution is 2.44. The first-order valence-corrected chi connectivity index (χ1v) is 12.2. The van der Waals surface area contributed by atoms with Crippen molar-refractivity contribution < 1.29 is 28.9 Å². The van der Waals surface area contributed by atoms with Crippen molar-refractivity contribution in [1.82, 2.24) is 9.97 Å². The number of H-pyrrole nitrogens is 1. The number of amides is 1. The number of para-hydroxylation sites is 2. The maximum absolute atomic E-state index is 13.5. The molecule has 0 saturated carbocycles. The molecule has 3 aromatic carbocycles. The minimum Gasteiger partial charge on any atom is -0.507 e. The van der Waals surface area contributed by atoms with Gasteiger partial charge in [-0.2, -0.15) is 0 Å². The van der Waals surface area contributed by atoms with E-state index in [1.54, 1.807) is 36.4 Å². The number of benzene rings is 3. The summed E-state index contributed by atoms with van der Waals surface area (Å²) in [5, 5.41) is 11.7. The maximum atomic E-state index is 13.5. The van der Waals surface area contributed by atoms with Crippen molar-refractivity contribution in [3.63, 3.8) is 0 Å². The van der Waals surface area contributed by atoms with Crippen LogP contribution in [0.1, 0.15) is 24.1 Å². The number of anilines is 1. The molecule has 38 heavy (non-hydrogen) atoms. The van der Waals surface area contributed by atoms with Crippen LogP contribution in [0.2, 0.25) is 5.02 Å². The molecule has 4 aromatic rings. The highest BCUT2D eigenvalue weighted by atomic mass is 35.5. The van der Waals surface area contributed by atoms with Gasteiger partial charge in [0.05, 0.1) is 48.5 Å². The minimum absolute atomic E-state index is 0.154. The molecule has 1 saturated heterocycles. The number of hydrogen-bond acceptors (Lipinski definition) is 7. The van der Waals surface area contributed by atoms with Gasteiger partial charge in [0.1, 0.15) is 11.5 Å². The van der Waals surface area contributed by atoms with E-state index in [0.717, 1.165) is 0 Å². The van der Waals surface area contributed by atoms with Gasteiger partial charge in [-0.05, 0) is 55.0 Å². The summed E-state index contributed by atoms with van der Waals surface area (Å²) in [7, 11) is 2.99. The number of fused-ring (bicyclic) bond motifs is 1. The number of imidazole rings is 1. The number of rotatable bonds is 7. The molecule has 10 heteroatoms. The second-order valence-corrected chi connectivity index (χ2v) is 8.84. The molecule has 1 unspecified atom stereocenters. The van der Waals surface area contributed by atoms with Crippen molar-refractivity contribution in [2.45, 2.75) is 13.0 Å². The van der Waals surface area contributed by atoms with Crippen LogP contribution in [0.5, 0.6) is 17.2 Å². The van der Waals surface area contributed by atoms with E-state index in [0.29, 0.717) is 40.5 Å². The van der Waals surface area contributed by atoms with Gasteiger partial charge in [-0.1, -0.05) is 29.8 Å². The molecule has 1 atom stereocenters. The first kappa shape index (κ1) is 25.2. The van der Waals surface area contributed by atoms with Crippen LogP contribution in [-0.2, 0) is 9.59 Å². The molecule has 1 aliphatic rings. The number of aliphatic hydroxyl groups excluding tert-OH is 1. The number of methoxy groups -OCH3 is 2. The summed E-state index contributed by atoms with van der Waals surface area (Å²) in [5.41, 5.74) is 1.79. The summed E-state index contributed by atoms with van der Waals surface area (Å²) >= 11 is 6.43. The zero-order chi connectivity index (χ0) is 27.0. The summed E-state index contributed by atoms with van der Waals surface area (Å²) in [6.07, 6.45) is 0. The lowest BCUT2D eigenvalue weighted by Gasteiger charge is -2.24. The third kappa shape index (κ3) is 4.20. The number of carbonyl (C=O) groups excluding carboxylic acids is 2. The van der Waals surface area contributed by atoms with Crippen molar-refractivity contribution in [3.8, 4) is 17.2 Å². The highest BCUT2D eigenvalue weighted by molar-refractivity contribution is 6.51. The smallest absolute Gasteiger partial charge is 0.302 e. The van der Waals surface area contributed by atoms with Gasteiger partial charge in [0, 0.05) is 5.56 Å². The topological polar surface area (TPSA) is 114 Å². The number of aromatic amines is 1. The molecular weight excluding hydrogens is 510 g/mol. The third-order valence-corrected chi connectivity index (χ3v) is 6.61. The van der Waals surface area contributed by atoms with E-state index in [9.17, 15) is 14.7 Å². The Kier molecular flexibility index (Phi) is 6.69. The molecule has 1 aliphatic heterocycles. The van der Waals surface area contributed by atoms with Crippen LogP contribution in [0.3, 0.4) is 0 Å². The zero-order valence-corrected chi connectivity index (χ0v) is 21.6. The molecule has 194 valence electrons. The predicted octanol–water partition coefficient (Wildman–Crippen LogP) is 5.26. The number of Topliss-reactive ketones (excluding diaryl/α,β-unsaturated/α-hetero) is 1. The number of hydrogen-bond donors (Lipinski definition) is 2. The molecule has 0 spiro atoms. The van der Waals surface area contributed by atoms with E-state index in [2.05, 4.69) is 9.97 Å². The number of aromatic nitrogens is 2. The summed E-state index contributed by atoms with van der Waals surface area (Å²) in [5.74, 6) is -0.730. The van der Waals surface area contributed by atoms with Crippen LogP contribution in [0.4, 0.5) is 5.95 Å². The summed E-state index contributed by atoms with van der Waals surface area (Å²) in [4.78, 5) is 35.9. The van der Waals surface area contributed by atoms with Crippen molar-refractivity contribution in [2.75, 3.05) is 25.7 Å². The second-order valence-electron chi connectivity index (χ2n) is 8.44. The quantitative estimate of drug-likeness (QED) is 0.189. The summed E-state index contributed by atoms with van der Waals surface area (Å²) in [6.45, 7) is 2.22. The summed E-state index contributed by atoms with van der Waals surface area (Å²) in [6, 6.07) is 15.9. The van der Waals surface area contributed by atoms with E-state index >= 15 is 0 Å². The molecule has 1 aromatic heterocycles. The van der Waals surface area contributed by atoms with Crippen LogP contribution in [-0.4, -0.2) is 47.6 Å². The zero-order valence-electron chi connectivity index (χ0n) is 20.8. The average Bonchev–Trinajstić information content (AvgIpc) is 3.47. The normalized spacial score (nSPS) is 16.7. The Bertz CT molecular complexity index is 1560. The molecule has 0 bridgehead atoms. The highest BCUT2D eigenvalue weighted by Gasteiger charge is 2.48. The molecule has 9 nitrogen and oxygen atoms in total. The van der Waals surface area contributed by atoms with E-state index in [1.807, 2.05) is 25.1 Å². The number of nitrogens with one attached hydrogen (secondary N) is 1. The summed E-state index contributed by atoms with van der Waals surface area (Å²) < 4.78 is 16.4. The first-order valence-electron chi connectivity index (χ1n) is 11.8. The van der Waals surface area contributed by atoms with Crippen molar-refractivity contribution in [1.29, 1.82) is 0 Å². The lowest BCUT2D eigenvalue weighted by Crippen LogP contribution is -2.30. The van der Waals surface area contributed by atoms with Gasteiger partial charge in [-0.25, -0.2) is 4.98 Å². The van der Waals surface area contributed by atoms with Crippen LogP contribution >= 0.6 is 11.6 Å².